The number of carbonyl (C=O) groups excluding carboxylic acids is 1. The number of carbonyl (C=O) groups is 1. The minimum Gasteiger partial charge on any atom is -0.497 e. The summed E-state index contributed by atoms with van der Waals surface area (Å²) in [4.78, 5) is 12.3. The molecule has 0 heterocycles. The highest BCUT2D eigenvalue weighted by molar-refractivity contribution is 7.89. The summed E-state index contributed by atoms with van der Waals surface area (Å²) in [5.41, 5.74) is 1.30. The van der Waals surface area contributed by atoms with Gasteiger partial charge in [0, 0.05) is 5.69 Å². The molecule has 26 heavy (non-hydrogen) atoms. The monoisotopic (exact) mass is 378 g/mol. The molecule has 140 valence electrons. The quantitative estimate of drug-likeness (QED) is 0.771. The summed E-state index contributed by atoms with van der Waals surface area (Å²) < 4.78 is 37.8. The predicted molar refractivity (Wildman–Crippen MR) is 99.1 cm³/mol. The van der Waals surface area contributed by atoms with Crippen LogP contribution in [0.25, 0.3) is 0 Å². The highest BCUT2D eigenvalue weighted by Crippen LogP contribution is 2.25. The topological polar surface area (TPSA) is 93.7 Å². The van der Waals surface area contributed by atoms with Gasteiger partial charge in [-0.15, -0.1) is 0 Å². The molecule has 0 spiro atoms. The van der Waals surface area contributed by atoms with Gasteiger partial charge in [0.05, 0.1) is 20.3 Å². The van der Waals surface area contributed by atoms with E-state index in [2.05, 4.69) is 10.0 Å². The number of benzene rings is 2. The van der Waals surface area contributed by atoms with Crippen LogP contribution >= 0.6 is 0 Å². The fraction of sp³-hybridized carbons (Fsp3) is 0.278. The molecule has 2 rings (SSSR count). The van der Waals surface area contributed by atoms with Crippen molar-refractivity contribution >= 4 is 21.6 Å². The molecule has 2 N–H and O–H groups in total. The Morgan fingerprint density at radius 1 is 1.04 bits per heavy atom. The Balaban J connectivity index is 2.13. The second kappa shape index (κ2) is 8.20. The molecule has 1 amide bonds. The summed E-state index contributed by atoms with van der Waals surface area (Å²) in [6.45, 7) is 3.25. The molecule has 0 unspecified atom stereocenters. The molecule has 8 heteroatoms. The summed E-state index contributed by atoms with van der Waals surface area (Å²) >= 11 is 0. The first-order valence-electron chi connectivity index (χ1n) is 7.88. The largest absolute Gasteiger partial charge is 0.497 e. The normalized spacial score (nSPS) is 12.3. The summed E-state index contributed by atoms with van der Waals surface area (Å²) in [7, 11) is -0.991. The third-order valence-electron chi connectivity index (χ3n) is 3.69. The van der Waals surface area contributed by atoms with E-state index in [-0.39, 0.29) is 10.6 Å². The molecule has 2 aromatic carbocycles. The summed E-state index contributed by atoms with van der Waals surface area (Å²) in [5.74, 6) is 0.388. The maximum absolute atomic E-state index is 12.6. The van der Waals surface area contributed by atoms with Crippen LogP contribution < -0.4 is 19.5 Å². The lowest BCUT2D eigenvalue weighted by Gasteiger charge is -2.16. The van der Waals surface area contributed by atoms with Crippen LogP contribution in [0.15, 0.2) is 47.4 Å². The fourth-order valence-corrected chi connectivity index (χ4v) is 3.73. The van der Waals surface area contributed by atoms with Gasteiger partial charge in [0.2, 0.25) is 15.9 Å². The SMILES string of the molecule is COc1ccc(NC(=O)[C@H](C)NS(=O)(=O)c2cc(C)ccc2OC)cc1. The summed E-state index contributed by atoms with van der Waals surface area (Å²) in [6, 6.07) is 10.6. The van der Waals surface area contributed by atoms with Crippen LogP contribution in [0.3, 0.4) is 0 Å². The number of aryl methyl sites for hydroxylation is 1. The smallest absolute Gasteiger partial charge is 0.244 e. The van der Waals surface area contributed by atoms with Gasteiger partial charge in [-0.3, -0.25) is 4.79 Å². The first-order chi connectivity index (χ1) is 12.3. The van der Waals surface area contributed by atoms with Crippen molar-refractivity contribution in [3.63, 3.8) is 0 Å². The van der Waals surface area contributed by atoms with Crippen LogP contribution in [-0.2, 0) is 14.8 Å². The Morgan fingerprint density at radius 3 is 2.27 bits per heavy atom. The second-order valence-electron chi connectivity index (χ2n) is 5.72. The highest BCUT2D eigenvalue weighted by Gasteiger charge is 2.25. The third kappa shape index (κ3) is 4.74. The molecule has 0 aliphatic heterocycles. The molecule has 0 bridgehead atoms. The maximum atomic E-state index is 12.6. The zero-order valence-electron chi connectivity index (χ0n) is 15.1. The molecule has 0 radical (unpaired) electrons. The Morgan fingerprint density at radius 2 is 1.69 bits per heavy atom. The van der Waals surface area contributed by atoms with Gasteiger partial charge >= 0.3 is 0 Å². The molecule has 0 aromatic heterocycles. The van der Waals surface area contributed by atoms with Crippen LogP contribution in [0.1, 0.15) is 12.5 Å². The minimum atomic E-state index is -3.93. The van der Waals surface area contributed by atoms with E-state index < -0.39 is 22.0 Å². The number of ether oxygens (including phenoxy) is 2. The molecule has 0 aliphatic carbocycles. The van der Waals surface area contributed by atoms with E-state index in [9.17, 15) is 13.2 Å². The number of methoxy groups -OCH3 is 2. The van der Waals surface area contributed by atoms with Crippen LogP contribution in [-0.4, -0.2) is 34.6 Å². The van der Waals surface area contributed by atoms with E-state index in [4.69, 9.17) is 9.47 Å². The lowest BCUT2D eigenvalue weighted by atomic mass is 10.2. The Bertz CT molecular complexity index is 879. The lowest BCUT2D eigenvalue weighted by molar-refractivity contribution is -0.117. The summed E-state index contributed by atoms with van der Waals surface area (Å²) in [5, 5.41) is 2.65. The fourth-order valence-electron chi connectivity index (χ4n) is 2.27. The number of amides is 1. The number of nitrogens with one attached hydrogen (secondary N) is 2. The van der Waals surface area contributed by atoms with Crippen LogP contribution in [0.5, 0.6) is 11.5 Å². The van der Waals surface area contributed by atoms with Crippen LogP contribution in [0.4, 0.5) is 5.69 Å². The van der Waals surface area contributed by atoms with Crippen molar-refractivity contribution in [2.75, 3.05) is 19.5 Å². The molecule has 2 aromatic rings. The average molecular weight is 378 g/mol. The molecule has 0 fully saturated rings. The molecule has 7 nitrogen and oxygen atoms in total. The van der Waals surface area contributed by atoms with E-state index in [1.54, 1.807) is 50.4 Å². The van der Waals surface area contributed by atoms with Crippen molar-refractivity contribution in [3.8, 4) is 11.5 Å². The van der Waals surface area contributed by atoms with Crippen molar-refractivity contribution in [2.45, 2.75) is 24.8 Å². The Hall–Kier alpha value is -2.58. The highest BCUT2D eigenvalue weighted by atomic mass is 32.2. The Kier molecular flexibility index (Phi) is 6.23. The van der Waals surface area contributed by atoms with Gasteiger partial charge in [0.25, 0.3) is 0 Å². The van der Waals surface area contributed by atoms with Crippen molar-refractivity contribution < 1.29 is 22.7 Å². The van der Waals surface area contributed by atoms with Gasteiger partial charge in [-0.25, -0.2) is 8.42 Å². The van der Waals surface area contributed by atoms with E-state index in [1.165, 1.54) is 20.1 Å². The van der Waals surface area contributed by atoms with E-state index in [0.29, 0.717) is 11.4 Å². The number of hydrogen-bond acceptors (Lipinski definition) is 5. The van der Waals surface area contributed by atoms with Crippen molar-refractivity contribution in [3.05, 3.63) is 48.0 Å². The predicted octanol–water partition coefficient (Wildman–Crippen LogP) is 2.32. The van der Waals surface area contributed by atoms with E-state index >= 15 is 0 Å². The van der Waals surface area contributed by atoms with Gasteiger partial charge in [-0.2, -0.15) is 4.72 Å². The Labute approximate surface area is 153 Å². The van der Waals surface area contributed by atoms with Crippen LogP contribution in [0.2, 0.25) is 0 Å². The van der Waals surface area contributed by atoms with Gasteiger partial charge < -0.3 is 14.8 Å². The van der Waals surface area contributed by atoms with Crippen molar-refractivity contribution in [1.29, 1.82) is 0 Å². The molecule has 1 atom stereocenters. The van der Waals surface area contributed by atoms with Gasteiger partial charge in [-0.05, 0) is 55.8 Å². The van der Waals surface area contributed by atoms with Gasteiger partial charge in [-0.1, -0.05) is 6.07 Å². The molecular formula is C18H22N2O5S. The van der Waals surface area contributed by atoms with Crippen LogP contribution in [0, 0.1) is 6.92 Å². The third-order valence-corrected chi connectivity index (χ3v) is 5.25. The number of sulfonamides is 1. The van der Waals surface area contributed by atoms with Gasteiger partial charge in [0.1, 0.15) is 16.4 Å². The maximum Gasteiger partial charge on any atom is 0.244 e. The average Bonchev–Trinajstić information content (AvgIpc) is 2.62. The summed E-state index contributed by atoms with van der Waals surface area (Å²) in [6.07, 6.45) is 0. The first-order valence-corrected chi connectivity index (χ1v) is 9.37. The molecule has 0 saturated carbocycles. The zero-order chi connectivity index (χ0) is 19.3. The van der Waals surface area contributed by atoms with Crippen molar-refractivity contribution in [1.82, 2.24) is 4.72 Å². The number of anilines is 1. The second-order valence-corrected chi connectivity index (χ2v) is 7.40. The first kappa shape index (κ1) is 19.7. The number of rotatable bonds is 7. The lowest BCUT2D eigenvalue weighted by Crippen LogP contribution is -2.41. The minimum absolute atomic E-state index is 0.0101. The molecular weight excluding hydrogens is 356 g/mol. The van der Waals surface area contributed by atoms with Crippen molar-refractivity contribution in [2.24, 2.45) is 0 Å². The van der Waals surface area contributed by atoms with E-state index in [0.717, 1.165) is 5.56 Å². The zero-order valence-corrected chi connectivity index (χ0v) is 15.9. The molecule has 0 saturated heterocycles. The number of hydrogen-bond donors (Lipinski definition) is 2. The molecule has 0 aliphatic rings. The van der Waals surface area contributed by atoms with Gasteiger partial charge in [0.15, 0.2) is 0 Å². The van der Waals surface area contributed by atoms with E-state index in [1.807, 2.05) is 0 Å². The standard InChI is InChI=1S/C18H22N2O5S/c1-12-5-10-16(25-4)17(11-12)26(22,23)20-13(2)18(21)19-14-6-8-15(24-3)9-7-14/h5-11,13,20H,1-4H3,(H,19,21)/t13-/m0/s1.